The number of aryl methyl sites for hydroxylation is 1. The number of halogens is 1. The van der Waals surface area contributed by atoms with Crippen LogP contribution in [0.2, 0.25) is 5.02 Å². The number of nitrogens with one attached hydrogen (secondary N) is 2. The molecule has 1 atom stereocenters. The van der Waals surface area contributed by atoms with E-state index in [1.807, 2.05) is 18.2 Å². The summed E-state index contributed by atoms with van der Waals surface area (Å²) in [6, 6.07) is 19.5. The van der Waals surface area contributed by atoms with E-state index in [1.165, 1.54) is 5.56 Å². The summed E-state index contributed by atoms with van der Waals surface area (Å²) in [5.74, 6) is 0.130. The smallest absolute Gasteiger partial charge is 0.262 e. The van der Waals surface area contributed by atoms with Crippen LogP contribution in [0.4, 0.5) is 11.4 Å². The first-order valence-electron chi connectivity index (χ1n) is 12.6. The Hall–Kier alpha value is -3.07. The summed E-state index contributed by atoms with van der Waals surface area (Å²) in [6.07, 6.45) is 4.65. The highest BCUT2D eigenvalue weighted by Crippen LogP contribution is 2.35. The predicted molar refractivity (Wildman–Crippen MR) is 146 cm³/mol. The van der Waals surface area contributed by atoms with Crippen molar-refractivity contribution >= 4 is 38.9 Å². The van der Waals surface area contributed by atoms with Gasteiger partial charge in [0, 0.05) is 29.8 Å². The Balaban J connectivity index is 1.37. The maximum atomic E-state index is 13.8. The number of ether oxygens (including phenoxy) is 1. The highest BCUT2D eigenvalue weighted by Gasteiger charge is 2.29. The molecule has 0 spiro atoms. The minimum atomic E-state index is -3.88. The molecule has 1 aliphatic heterocycles. The van der Waals surface area contributed by atoms with Crippen LogP contribution >= 0.6 is 11.6 Å². The molecule has 9 heteroatoms. The topological polar surface area (TPSA) is 87.7 Å². The zero-order valence-electron chi connectivity index (χ0n) is 20.5. The Morgan fingerprint density at radius 1 is 1.00 bits per heavy atom. The summed E-state index contributed by atoms with van der Waals surface area (Å²) in [6.45, 7) is 1.39. The van der Waals surface area contributed by atoms with Gasteiger partial charge in [-0.3, -0.25) is 4.79 Å². The standard InChI is InChI=1S/C28H30ClN3O4S/c29-21-10-13-23(14-11-21)36-19-28(33)30-22-12-15-26(32-16-3-4-17-32)27(18-22)37(34,35)31-25-9-5-7-20-6-1-2-8-24(20)25/h1-2,6,8,10-15,18,25,31H,3-5,7,9,16-17,19H2,(H,30,33). The molecule has 2 aliphatic rings. The molecule has 0 aromatic heterocycles. The third-order valence-electron chi connectivity index (χ3n) is 6.83. The van der Waals surface area contributed by atoms with Crippen molar-refractivity contribution in [2.45, 2.75) is 43.0 Å². The average molecular weight is 540 g/mol. The molecule has 5 rings (SSSR count). The fourth-order valence-electron chi connectivity index (χ4n) is 5.03. The van der Waals surface area contributed by atoms with Crippen LogP contribution in [0.25, 0.3) is 0 Å². The van der Waals surface area contributed by atoms with Crippen molar-refractivity contribution in [2.24, 2.45) is 0 Å². The van der Waals surface area contributed by atoms with Crippen molar-refractivity contribution in [3.05, 3.63) is 82.9 Å². The van der Waals surface area contributed by atoms with Crippen LogP contribution in [0.3, 0.4) is 0 Å². The van der Waals surface area contributed by atoms with Gasteiger partial charge in [-0.1, -0.05) is 35.9 Å². The van der Waals surface area contributed by atoms with Gasteiger partial charge in [-0.25, -0.2) is 13.1 Å². The number of benzene rings is 3. The van der Waals surface area contributed by atoms with E-state index in [2.05, 4.69) is 21.0 Å². The quantitative estimate of drug-likeness (QED) is 0.405. The molecule has 0 radical (unpaired) electrons. The van der Waals surface area contributed by atoms with Gasteiger partial charge in [0.2, 0.25) is 10.0 Å². The van der Waals surface area contributed by atoms with Crippen molar-refractivity contribution in [3.8, 4) is 5.75 Å². The molecule has 0 bridgehead atoms. The Labute approximate surface area is 222 Å². The minimum absolute atomic E-state index is 0.175. The van der Waals surface area contributed by atoms with Gasteiger partial charge in [-0.2, -0.15) is 0 Å². The maximum absolute atomic E-state index is 13.8. The molecule has 37 heavy (non-hydrogen) atoms. The van der Waals surface area contributed by atoms with Crippen molar-refractivity contribution in [2.75, 3.05) is 29.9 Å². The van der Waals surface area contributed by atoms with E-state index < -0.39 is 10.0 Å². The van der Waals surface area contributed by atoms with Crippen LogP contribution in [0.1, 0.15) is 42.9 Å². The number of anilines is 2. The first-order valence-corrected chi connectivity index (χ1v) is 14.4. The van der Waals surface area contributed by atoms with Crippen LogP contribution in [0, 0.1) is 0 Å². The van der Waals surface area contributed by atoms with Gasteiger partial charge in [0.1, 0.15) is 10.6 Å². The Morgan fingerprint density at radius 2 is 1.76 bits per heavy atom. The number of hydrogen-bond donors (Lipinski definition) is 2. The molecule has 2 N–H and O–H groups in total. The number of sulfonamides is 1. The van der Waals surface area contributed by atoms with Gasteiger partial charge in [-0.05, 0) is 85.7 Å². The van der Waals surface area contributed by atoms with Gasteiger partial charge in [0.15, 0.2) is 6.61 Å². The molecule has 1 unspecified atom stereocenters. The Bertz CT molecular complexity index is 1370. The number of hydrogen-bond acceptors (Lipinski definition) is 5. The number of rotatable bonds is 8. The molecule has 1 heterocycles. The summed E-state index contributed by atoms with van der Waals surface area (Å²) in [4.78, 5) is 14.8. The molecule has 1 amide bonds. The zero-order valence-corrected chi connectivity index (χ0v) is 22.0. The van der Waals surface area contributed by atoms with Gasteiger partial charge < -0.3 is 15.0 Å². The summed E-state index contributed by atoms with van der Waals surface area (Å²) >= 11 is 5.89. The number of fused-ring (bicyclic) bond motifs is 1. The number of carbonyl (C=O) groups excluding carboxylic acids is 1. The van der Waals surface area contributed by atoms with Gasteiger partial charge in [-0.15, -0.1) is 0 Å². The maximum Gasteiger partial charge on any atom is 0.262 e. The van der Waals surface area contributed by atoms with Crippen LogP contribution in [0.5, 0.6) is 5.75 Å². The largest absolute Gasteiger partial charge is 0.484 e. The van der Waals surface area contributed by atoms with Crippen molar-refractivity contribution in [1.82, 2.24) is 4.72 Å². The summed E-state index contributed by atoms with van der Waals surface area (Å²) in [7, 11) is -3.88. The molecular formula is C28H30ClN3O4S. The fraction of sp³-hybridized carbons (Fsp3) is 0.321. The summed E-state index contributed by atoms with van der Waals surface area (Å²) in [5, 5.41) is 3.35. The predicted octanol–water partition coefficient (Wildman–Crippen LogP) is 5.31. The lowest BCUT2D eigenvalue weighted by Gasteiger charge is -2.28. The molecule has 0 saturated carbocycles. The van der Waals surface area contributed by atoms with Gasteiger partial charge in [0.25, 0.3) is 5.91 Å². The lowest BCUT2D eigenvalue weighted by Crippen LogP contribution is -2.32. The third kappa shape index (κ3) is 6.09. The molecule has 3 aromatic carbocycles. The molecule has 194 valence electrons. The Kier molecular flexibility index (Phi) is 7.69. The lowest BCUT2D eigenvalue weighted by atomic mass is 9.88. The van der Waals surface area contributed by atoms with Gasteiger partial charge >= 0.3 is 0 Å². The summed E-state index contributed by atoms with van der Waals surface area (Å²) in [5.41, 5.74) is 3.27. The van der Waals surface area contributed by atoms with E-state index in [1.54, 1.807) is 42.5 Å². The van der Waals surface area contributed by atoms with Crippen LogP contribution in [0.15, 0.2) is 71.6 Å². The molecular weight excluding hydrogens is 510 g/mol. The highest BCUT2D eigenvalue weighted by molar-refractivity contribution is 7.89. The first-order chi connectivity index (χ1) is 17.9. The van der Waals surface area contributed by atoms with Crippen molar-refractivity contribution < 1.29 is 17.9 Å². The van der Waals surface area contributed by atoms with E-state index >= 15 is 0 Å². The molecule has 1 saturated heterocycles. The number of amides is 1. The van der Waals surface area contributed by atoms with Crippen molar-refractivity contribution in [1.29, 1.82) is 0 Å². The van der Waals surface area contributed by atoms with Crippen LogP contribution in [-0.4, -0.2) is 34.0 Å². The van der Waals surface area contributed by atoms with Gasteiger partial charge in [0.05, 0.1) is 5.69 Å². The van der Waals surface area contributed by atoms with Crippen LogP contribution < -0.4 is 19.7 Å². The fourth-order valence-corrected chi connectivity index (χ4v) is 6.66. The average Bonchev–Trinajstić information content (AvgIpc) is 3.43. The van der Waals surface area contributed by atoms with Crippen LogP contribution in [-0.2, 0) is 21.2 Å². The number of carbonyl (C=O) groups is 1. The molecule has 3 aromatic rings. The third-order valence-corrected chi connectivity index (χ3v) is 8.58. The lowest BCUT2D eigenvalue weighted by molar-refractivity contribution is -0.118. The number of nitrogens with zero attached hydrogens (tertiary/aromatic N) is 1. The van der Waals surface area contributed by atoms with E-state index in [0.717, 1.165) is 50.8 Å². The van der Waals surface area contributed by atoms with E-state index in [9.17, 15) is 13.2 Å². The molecule has 1 fully saturated rings. The monoisotopic (exact) mass is 539 g/mol. The second-order valence-corrected chi connectivity index (χ2v) is 11.6. The van der Waals surface area contributed by atoms with E-state index in [4.69, 9.17) is 16.3 Å². The Morgan fingerprint density at radius 3 is 2.54 bits per heavy atom. The molecule has 1 aliphatic carbocycles. The SMILES string of the molecule is O=C(COc1ccc(Cl)cc1)Nc1ccc(N2CCCC2)c(S(=O)(=O)NC2CCCc3ccccc32)c1. The first kappa shape index (κ1) is 25.6. The van der Waals surface area contributed by atoms with Crippen molar-refractivity contribution in [3.63, 3.8) is 0 Å². The highest BCUT2D eigenvalue weighted by atomic mass is 35.5. The second kappa shape index (κ2) is 11.1. The second-order valence-electron chi connectivity index (χ2n) is 9.43. The van der Waals surface area contributed by atoms with E-state index in [-0.39, 0.29) is 23.5 Å². The van der Waals surface area contributed by atoms with E-state index in [0.29, 0.717) is 22.1 Å². The minimum Gasteiger partial charge on any atom is -0.484 e. The molecule has 7 nitrogen and oxygen atoms in total. The summed E-state index contributed by atoms with van der Waals surface area (Å²) < 4.78 is 36.0. The zero-order chi connectivity index (χ0) is 25.8. The normalized spacial score (nSPS) is 17.3.